The van der Waals surface area contributed by atoms with Crippen LogP contribution >= 0.6 is 23.1 Å². The lowest BCUT2D eigenvalue weighted by Crippen LogP contribution is -2.30. The minimum absolute atomic E-state index is 0.156. The normalized spacial score (nSPS) is 11.2. The van der Waals surface area contributed by atoms with Crippen LogP contribution in [0.1, 0.15) is 21.7 Å². The van der Waals surface area contributed by atoms with Crippen LogP contribution < -0.4 is 10.6 Å². The molecule has 0 atom stereocenters. The van der Waals surface area contributed by atoms with E-state index in [0.29, 0.717) is 17.0 Å². The number of thioether (sulfide) groups is 1. The summed E-state index contributed by atoms with van der Waals surface area (Å²) in [6.07, 6.45) is 1.66. The minimum atomic E-state index is -0.414. The zero-order valence-electron chi connectivity index (χ0n) is 20.0. The first-order chi connectivity index (χ1) is 18.7. The van der Waals surface area contributed by atoms with E-state index in [4.69, 9.17) is 0 Å². The average Bonchev–Trinajstić information content (AvgIpc) is 3.65. The molecule has 0 radical (unpaired) electrons. The lowest BCUT2D eigenvalue weighted by Gasteiger charge is -2.11. The molecule has 5 rings (SSSR count). The van der Waals surface area contributed by atoms with Gasteiger partial charge in [0.1, 0.15) is 5.70 Å². The van der Waals surface area contributed by atoms with E-state index in [1.54, 1.807) is 46.8 Å². The number of anilines is 1. The van der Waals surface area contributed by atoms with Gasteiger partial charge in [-0.2, -0.15) is 16.0 Å². The summed E-state index contributed by atoms with van der Waals surface area (Å²) >= 11 is 3.10. The number of nitrogens with one attached hydrogen (secondary N) is 2. The van der Waals surface area contributed by atoms with Crippen molar-refractivity contribution >= 4 is 46.7 Å². The molecule has 5 aromatic rings. The molecule has 0 aliphatic carbocycles. The summed E-state index contributed by atoms with van der Waals surface area (Å²) in [5.41, 5.74) is 2.97. The van der Waals surface area contributed by atoms with Crippen LogP contribution in [0.25, 0.3) is 11.8 Å². The number of thiophene rings is 1. The van der Waals surface area contributed by atoms with E-state index >= 15 is 0 Å². The van der Waals surface area contributed by atoms with Crippen molar-refractivity contribution in [3.05, 3.63) is 124 Å². The summed E-state index contributed by atoms with van der Waals surface area (Å²) < 4.78 is 1.71. The third kappa shape index (κ3) is 6.41. The van der Waals surface area contributed by atoms with Crippen LogP contribution in [0.5, 0.6) is 0 Å². The van der Waals surface area contributed by atoms with Gasteiger partial charge in [0, 0.05) is 16.1 Å². The summed E-state index contributed by atoms with van der Waals surface area (Å²) in [5.74, 6) is 0.540. The van der Waals surface area contributed by atoms with Crippen LogP contribution in [0.4, 0.5) is 5.69 Å². The second-order valence-corrected chi connectivity index (χ2v) is 9.87. The van der Waals surface area contributed by atoms with Crippen LogP contribution in [-0.4, -0.2) is 32.0 Å². The van der Waals surface area contributed by atoms with Gasteiger partial charge in [-0.3, -0.25) is 9.59 Å². The van der Waals surface area contributed by atoms with E-state index in [2.05, 4.69) is 26.2 Å². The van der Waals surface area contributed by atoms with E-state index in [-0.39, 0.29) is 11.6 Å². The molecule has 38 heavy (non-hydrogen) atoms. The van der Waals surface area contributed by atoms with Gasteiger partial charge in [-0.1, -0.05) is 36.4 Å². The molecule has 10 heteroatoms. The first kappa shape index (κ1) is 25.1. The summed E-state index contributed by atoms with van der Waals surface area (Å²) in [6.45, 7) is 0. The molecule has 0 spiro atoms. The van der Waals surface area contributed by atoms with Crippen molar-refractivity contribution in [2.75, 3.05) is 5.32 Å². The van der Waals surface area contributed by atoms with E-state index in [1.807, 2.05) is 77.5 Å². The molecular formula is C28H22N6O2S2. The Balaban J connectivity index is 1.24. The fourth-order valence-electron chi connectivity index (χ4n) is 3.51. The minimum Gasteiger partial charge on any atom is -0.321 e. The van der Waals surface area contributed by atoms with Crippen LogP contribution in [-0.2, 0) is 10.5 Å². The van der Waals surface area contributed by atoms with Gasteiger partial charge in [-0.15, -0.1) is 16.9 Å². The van der Waals surface area contributed by atoms with Gasteiger partial charge >= 0.3 is 0 Å². The quantitative estimate of drug-likeness (QED) is 0.192. The maximum Gasteiger partial charge on any atom is 0.272 e. The second-order valence-electron chi connectivity index (χ2n) is 8.04. The average molecular weight is 539 g/mol. The number of amides is 2. The monoisotopic (exact) mass is 538 g/mol. The molecule has 188 valence electrons. The summed E-state index contributed by atoms with van der Waals surface area (Å²) in [4.78, 5) is 26.8. The fourth-order valence-corrected chi connectivity index (χ4v) is 4.93. The Bertz CT molecular complexity index is 1530. The number of rotatable bonds is 9. The van der Waals surface area contributed by atoms with E-state index in [1.165, 1.54) is 11.3 Å². The van der Waals surface area contributed by atoms with Crippen LogP contribution in [0, 0.1) is 0 Å². The number of carbonyl (C=O) groups excluding carboxylic acids is 2. The summed E-state index contributed by atoms with van der Waals surface area (Å²) in [6, 6.07) is 27.9. The zero-order chi connectivity index (χ0) is 26.2. The number of hydrogen-bond donors (Lipinski definition) is 2. The lowest BCUT2D eigenvalue weighted by atomic mass is 10.2. The van der Waals surface area contributed by atoms with Crippen LogP contribution in [0.15, 0.2) is 112 Å². The maximum atomic E-state index is 13.1. The fraction of sp³-hybridized carbons (Fsp3) is 0.0357. The molecule has 0 bridgehead atoms. The highest BCUT2D eigenvalue weighted by Crippen LogP contribution is 2.24. The second kappa shape index (κ2) is 12.1. The summed E-state index contributed by atoms with van der Waals surface area (Å²) in [7, 11) is 0. The lowest BCUT2D eigenvalue weighted by molar-refractivity contribution is -0.113. The van der Waals surface area contributed by atoms with Crippen molar-refractivity contribution in [1.82, 2.24) is 25.5 Å². The third-order valence-electron chi connectivity index (χ3n) is 5.40. The van der Waals surface area contributed by atoms with Crippen LogP contribution in [0.2, 0.25) is 0 Å². The molecule has 2 amide bonds. The van der Waals surface area contributed by atoms with Crippen molar-refractivity contribution in [2.45, 2.75) is 10.6 Å². The Kier molecular flexibility index (Phi) is 8.02. The van der Waals surface area contributed by atoms with Crippen molar-refractivity contribution in [3.8, 4) is 5.69 Å². The molecule has 2 aromatic heterocycles. The zero-order valence-corrected chi connectivity index (χ0v) is 21.7. The number of para-hydroxylation sites is 1. The number of benzene rings is 3. The Morgan fingerprint density at radius 3 is 2.37 bits per heavy atom. The van der Waals surface area contributed by atoms with Gasteiger partial charge in [0.05, 0.1) is 11.4 Å². The molecule has 2 heterocycles. The van der Waals surface area contributed by atoms with Gasteiger partial charge in [0.15, 0.2) is 5.82 Å². The van der Waals surface area contributed by atoms with Crippen molar-refractivity contribution in [3.63, 3.8) is 0 Å². The topological polar surface area (TPSA) is 102 Å². The number of tetrazole rings is 1. The highest BCUT2D eigenvalue weighted by molar-refractivity contribution is 7.98. The van der Waals surface area contributed by atoms with Crippen molar-refractivity contribution < 1.29 is 9.59 Å². The molecule has 0 unspecified atom stereocenters. The molecule has 8 nitrogen and oxygen atoms in total. The predicted molar refractivity (Wildman–Crippen MR) is 150 cm³/mol. The molecule has 0 saturated carbocycles. The Morgan fingerprint density at radius 2 is 1.66 bits per heavy atom. The molecule has 2 N–H and O–H groups in total. The smallest absolute Gasteiger partial charge is 0.272 e. The van der Waals surface area contributed by atoms with Crippen molar-refractivity contribution in [2.24, 2.45) is 0 Å². The van der Waals surface area contributed by atoms with E-state index < -0.39 is 5.91 Å². The highest BCUT2D eigenvalue weighted by Gasteiger charge is 2.15. The van der Waals surface area contributed by atoms with Crippen molar-refractivity contribution in [1.29, 1.82) is 0 Å². The number of aromatic nitrogens is 4. The highest BCUT2D eigenvalue weighted by atomic mass is 32.2. The van der Waals surface area contributed by atoms with Gasteiger partial charge in [-0.05, 0) is 87.4 Å². The Hall–Kier alpha value is -4.54. The maximum absolute atomic E-state index is 13.1. The predicted octanol–water partition coefficient (Wildman–Crippen LogP) is 5.43. The first-order valence-corrected chi connectivity index (χ1v) is 13.6. The largest absolute Gasteiger partial charge is 0.321 e. The SMILES string of the molecule is O=C(Nc1ccc(SCc2nnnn2-c2ccccc2)cc1)/C(=C/c1ccsc1)NC(=O)c1ccccc1. The Morgan fingerprint density at radius 1 is 0.921 bits per heavy atom. The van der Waals surface area contributed by atoms with Gasteiger partial charge < -0.3 is 10.6 Å². The Labute approximate surface area is 227 Å². The van der Waals surface area contributed by atoms with E-state index in [0.717, 1.165) is 22.0 Å². The van der Waals surface area contributed by atoms with Gasteiger partial charge in [0.2, 0.25) is 0 Å². The number of nitrogens with zero attached hydrogens (tertiary/aromatic N) is 4. The number of hydrogen-bond acceptors (Lipinski definition) is 7. The van der Waals surface area contributed by atoms with Gasteiger partial charge in [0.25, 0.3) is 11.8 Å². The molecular weight excluding hydrogens is 516 g/mol. The molecule has 0 aliphatic rings. The first-order valence-electron chi connectivity index (χ1n) is 11.6. The van der Waals surface area contributed by atoms with E-state index in [9.17, 15) is 9.59 Å². The molecule has 3 aromatic carbocycles. The third-order valence-corrected chi connectivity index (χ3v) is 7.11. The van der Waals surface area contributed by atoms with Gasteiger partial charge in [-0.25, -0.2) is 0 Å². The van der Waals surface area contributed by atoms with Crippen LogP contribution in [0.3, 0.4) is 0 Å². The standard InChI is InChI=1S/C28H22N6O2S2/c35-27(21-7-3-1-4-8-21)30-25(17-20-15-16-37-18-20)28(36)29-22-11-13-24(14-12-22)38-19-26-31-32-33-34(26)23-9-5-2-6-10-23/h1-18H,19H2,(H,29,36)(H,30,35)/b25-17-. The molecule has 0 fully saturated rings. The summed E-state index contributed by atoms with van der Waals surface area (Å²) in [5, 5.41) is 21.5. The number of carbonyl (C=O) groups is 2. The molecule has 0 saturated heterocycles. The molecule has 0 aliphatic heterocycles.